The first kappa shape index (κ1) is 14.1. The average Bonchev–Trinajstić information content (AvgIpc) is 2.80. The van der Waals surface area contributed by atoms with Crippen LogP contribution in [0.1, 0.15) is 5.56 Å². The van der Waals surface area contributed by atoms with Crippen molar-refractivity contribution in [1.29, 1.82) is 0 Å². The largest absolute Gasteiger partial charge is 0.322 e. The van der Waals surface area contributed by atoms with Crippen LogP contribution in [0.25, 0.3) is 5.69 Å². The van der Waals surface area contributed by atoms with Gasteiger partial charge in [-0.2, -0.15) is 0 Å². The summed E-state index contributed by atoms with van der Waals surface area (Å²) >= 11 is 6.26. The molecule has 2 nitrogen and oxygen atoms in total. The van der Waals surface area contributed by atoms with Crippen LogP contribution in [0.2, 0.25) is 5.02 Å². The fourth-order valence-corrected chi connectivity index (χ4v) is 1.98. The molecule has 0 spiro atoms. The fraction of sp³-hybridized carbons (Fsp3) is 0.231. The topological polar surface area (TPSA) is 17.0 Å². The van der Waals surface area contributed by atoms with E-state index in [4.69, 9.17) is 11.6 Å². The summed E-state index contributed by atoms with van der Waals surface area (Å²) in [6, 6.07) is 10.2. The third kappa shape index (κ3) is 3.50. The van der Waals surface area contributed by atoms with Gasteiger partial charge in [-0.3, -0.25) is 0 Å². The van der Waals surface area contributed by atoms with Crippen LogP contribution in [-0.4, -0.2) is 18.2 Å². The molecule has 0 amide bonds. The highest BCUT2D eigenvalue weighted by Gasteiger charge is 2.02. The van der Waals surface area contributed by atoms with E-state index in [-0.39, 0.29) is 12.4 Å². The first-order valence-corrected chi connectivity index (χ1v) is 5.75. The molecule has 0 aliphatic rings. The summed E-state index contributed by atoms with van der Waals surface area (Å²) in [4.78, 5) is 0. The molecule has 2 aromatic rings. The second kappa shape index (κ2) is 6.70. The van der Waals surface area contributed by atoms with Crippen LogP contribution < -0.4 is 5.32 Å². The molecular formula is C13H16Cl2N2. The van der Waals surface area contributed by atoms with Crippen molar-refractivity contribution in [2.45, 2.75) is 6.42 Å². The maximum absolute atomic E-state index is 6.26. The molecule has 0 aliphatic heterocycles. The molecule has 0 fully saturated rings. The molecule has 0 unspecified atom stereocenters. The Bertz CT molecular complexity index is 452. The van der Waals surface area contributed by atoms with E-state index in [1.807, 2.05) is 42.2 Å². The first-order chi connectivity index (χ1) is 7.81. The van der Waals surface area contributed by atoms with Crippen LogP contribution in [0.4, 0.5) is 0 Å². The first-order valence-electron chi connectivity index (χ1n) is 5.37. The Kier molecular flexibility index (Phi) is 5.56. The molecule has 2 rings (SSSR count). The molecule has 1 aromatic heterocycles. The molecule has 1 N–H and O–H groups in total. The quantitative estimate of drug-likeness (QED) is 0.902. The maximum Gasteiger partial charge on any atom is 0.0649 e. The van der Waals surface area contributed by atoms with E-state index < -0.39 is 0 Å². The second-order valence-corrected chi connectivity index (χ2v) is 4.14. The Hall–Kier alpha value is -0.960. The number of halogens is 2. The van der Waals surface area contributed by atoms with Crippen molar-refractivity contribution in [1.82, 2.24) is 9.88 Å². The highest BCUT2D eigenvalue weighted by Crippen LogP contribution is 2.22. The van der Waals surface area contributed by atoms with Gasteiger partial charge in [0.1, 0.15) is 0 Å². The maximum atomic E-state index is 6.26. The molecule has 1 heterocycles. The lowest BCUT2D eigenvalue weighted by Crippen LogP contribution is -2.10. The van der Waals surface area contributed by atoms with Gasteiger partial charge in [0.15, 0.2) is 0 Å². The van der Waals surface area contributed by atoms with Crippen molar-refractivity contribution in [2.75, 3.05) is 13.6 Å². The lowest BCUT2D eigenvalue weighted by atomic mass is 10.1. The number of hydrogen-bond donors (Lipinski definition) is 1. The molecule has 0 bridgehead atoms. The minimum Gasteiger partial charge on any atom is -0.322 e. The van der Waals surface area contributed by atoms with Crippen LogP contribution in [0.15, 0.2) is 42.7 Å². The van der Waals surface area contributed by atoms with Crippen molar-refractivity contribution in [3.8, 4) is 5.69 Å². The lowest BCUT2D eigenvalue weighted by Gasteiger charge is -2.08. The molecule has 0 aliphatic carbocycles. The zero-order valence-corrected chi connectivity index (χ0v) is 11.3. The van der Waals surface area contributed by atoms with Crippen LogP contribution in [0.3, 0.4) is 0 Å². The molecule has 0 radical (unpaired) electrons. The van der Waals surface area contributed by atoms with Crippen molar-refractivity contribution in [3.05, 3.63) is 53.3 Å². The van der Waals surface area contributed by atoms with E-state index in [9.17, 15) is 0 Å². The number of nitrogens with zero attached hydrogens (tertiary/aromatic N) is 1. The molecule has 17 heavy (non-hydrogen) atoms. The highest BCUT2D eigenvalue weighted by molar-refractivity contribution is 6.32. The Morgan fingerprint density at radius 3 is 2.53 bits per heavy atom. The Morgan fingerprint density at radius 2 is 1.94 bits per heavy atom. The Balaban J connectivity index is 0.00000144. The summed E-state index contributed by atoms with van der Waals surface area (Å²) in [5.74, 6) is 0. The normalized spacial score (nSPS) is 10.0. The van der Waals surface area contributed by atoms with Crippen LogP contribution in [0.5, 0.6) is 0 Å². The predicted molar refractivity (Wildman–Crippen MR) is 75.7 cm³/mol. The summed E-state index contributed by atoms with van der Waals surface area (Å²) < 4.78 is 2.02. The SMILES string of the molecule is CNCCc1ccc(-n2cccc2)c(Cl)c1.Cl. The third-order valence-corrected chi connectivity index (χ3v) is 2.86. The van der Waals surface area contributed by atoms with Gasteiger partial charge in [0.2, 0.25) is 0 Å². The van der Waals surface area contributed by atoms with E-state index in [0.717, 1.165) is 23.7 Å². The third-order valence-electron chi connectivity index (χ3n) is 2.56. The van der Waals surface area contributed by atoms with Crippen molar-refractivity contribution in [3.63, 3.8) is 0 Å². The van der Waals surface area contributed by atoms with Gasteiger partial charge in [0, 0.05) is 12.4 Å². The predicted octanol–water partition coefficient (Wildman–Crippen LogP) is 3.31. The molecule has 0 atom stereocenters. The summed E-state index contributed by atoms with van der Waals surface area (Å²) in [5.41, 5.74) is 2.29. The van der Waals surface area contributed by atoms with Crippen LogP contribution in [-0.2, 0) is 6.42 Å². The number of nitrogens with one attached hydrogen (secondary N) is 1. The monoisotopic (exact) mass is 270 g/mol. The second-order valence-electron chi connectivity index (χ2n) is 3.73. The smallest absolute Gasteiger partial charge is 0.0649 e. The minimum atomic E-state index is 0. The van der Waals surface area contributed by atoms with Crippen LogP contribution in [0, 0.1) is 0 Å². The van der Waals surface area contributed by atoms with Gasteiger partial charge < -0.3 is 9.88 Å². The molecule has 4 heteroatoms. The summed E-state index contributed by atoms with van der Waals surface area (Å²) in [7, 11) is 1.95. The van der Waals surface area contributed by atoms with Crippen molar-refractivity contribution >= 4 is 24.0 Å². The molecule has 0 saturated heterocycles. The summed E-state index contributed by atoms with van der Waals surface area (Å²) in [6.07, 6.45) is 4.99. The zero-order chi connectivity index (χ0) is 11.4. The standard InChI is InChI=1S/C13H15ClN2.ClH/c1-15-7-6-11-4-5-13(12(14)10-11)16-8-2-3-9-16;/h2-5,8-10,15H,6-7H2,1H3;1H. The van der Waals surface area contributed by atoms with E-state index >= 15 is 0 Å². The van der Waals surface area contributed by atoms with Gasteiger partial charge >= 0.3 is 0 Å². The van der Waals surface area contributed by atoms with Gasteiger partial charge in [0.25, 0.3) is 0 Å². The van der Waals surface area contributed by atoms with E-state index in [1.54, 1.807) is 0 Å². The van der Waals surface area contributed by atoms with Gasteiger partial charge in [-0.1, -0.05) is 17.7 Å². The average molecular weight is 271 g/mol. The lowest BCUT2D eigenvalue weighted by molar-refractivity contribution is 0.791. The van der Waals surface area contributed by atoms with Crippen LogP contribution >= 0.6 is 24.0 Å². The fourth-order valence-electron chi connectivity index (χ4n) is 1.68. The van der Waals surface area contributed by atoms with Gasteiger partial charge in [-0.25, -0.2) is 0 Å². The number of aromatic nitrogens is 1. The van der Waals surface area contributed by atoms with E-state index in [0.29, 0.717) is 0 Å². The number of hydrogen-bond acceptors (Lipinski definition) is 1. The van der Waals surface area contributed by atoms with E-state index in [1.165, 1.54) is 5.56 Å². The van der Waals surface area contributed by atoms with Gasteiger partial charge in [-0.05, 0) is 49.8 Å². The molecular weight excluding hydrogens is 255 g/mol. The number of rotatable bonds is 4. The van der Waals surface area contributed by atoms with Gasteiger partial charge in [-0.15, -0.1) is 12.4 Å². The number of benzene rings is 1. The number of likely N-dealkylation sites (N-methyl/N-ethyl adjacent to an activating group) is 1. The van der Waals surface area contributed by atoms with E-state index in [2.05, 4.69) is 17.4 Å². The van der Waals surface area contributed by atoms with Crippen molar-refractivity contribution < 1.29 is 0 Å². The zero-order valence-electron chi connectivity index (χ0n) is 9.69. The van der Waals surface area contributed by atoms with Crippen molar-refractivity contribution in [2.24, 2.45) is 0 Å². The Morgan fingerprint density at radius 1 is 1.24 bits per heavy atom. The van der Waals surface area contributed by atoms with Gasteiger partial charge in [0.05, 0.1) is 10.7 Å². The highest BCUT2D eigenvalue weighted by atomic mass is 35.5. The summed E-state index contributed by atoms with van der Waals surface area (Å²) in [5, 5.41) is 3.93. The Labute approximate surface area is 113 Å². The molecule has 1 aromatic carbocycles. The molecule has 0 saturated carbocycles. The minimum absolute atomic E-state index is 0. The summed E-state index contributed by atoms with van der Waals surface area (Å²) in [6.45, 7) is 0.971. The molecule has 92 valence electrons.